The lowest BCUT2D eigenvalue weighted by atomic mass is 9.96. The topological polar surface area (TPSA) is 20.2 Å². The Kier molecular flexibility index (Phi) is 1.84. The van der Waals surface area contributed by atoms with Gasteiger partial charge in [0.25, 0.3) is 0 Å². The van der Waals surface area contributed by atoms with Crippen LogP contribution >= 0.6 is 0 Å². The minimum Gasteiger partial charge on any atom is -0.390 e. The van der Waals surface area contributed by atoms with Crippen LogP contribution in [-0.4, -0.2) is 17.4 Å². The zero-order valence-electron chi connectivity index (χ0n) is 4.81. The van der Waals surface area contributed by atoms with Gasteiger partial charge in [0, 0.05) is 0 Å². The molecule has 0 aliphatic heterocycles. The molecule has 1 aliphatic carbocycles. The third kappa shape index (κ3) is 1.19. The Morgan fingerprint density at radius 3 is 2.25 bits per heavy atom. The fourth-order valence-electron chi connectivity index (χ4n) is 1.07. The van der Waals surface area contributed by atoms with E-state index < -0.39 is 12.3 Å². The van der Waals surface area contributed by atoms with Gasteiger partial charge in [-0.15, -0.1) is 0 Å². The average Bonchev–Trinajstić information content (AvgIpc) is 1.77. The Hall–Kier alpha value is -0.110. The number of alkyl halides is 1. The van der Waals surface area contributed by atoms with Gasteiger partial charge in [0.05, 0.1) is 6.10 Å². The van der Waals surface area contributed by atoms with Crippen molar-refractivity contribution in [2.45, 2.75) is 38.0 Å². The van der Waals surface area contributed by atoms with Gasteiger partial charge >= 0.3 is 0 Å². The highest BCUT2D eigenvalue weighted by Crippen LogP contribution is 2.20. The normalized spacial score (nSPS) is 39.8. The van der Waals surface area contributed by atoms with Crippen LogP contribution in [0.2, 0.25) is 0 Å². The molecule has 0 aromatic carbocycles. The number of hydrogen-bond acceptors (Lipinski definition) is 1. The summed E-state index contributed by atoms with van der Waals surface area (Å²) in [5.41, 5.74) is 0. The Bertz CT molecular complexity index is 64.9. The molecule has 0 aromatic rings. The molecule has 1 N–H and O–H groups in total. The molecule has 0 spiro atoms. The molecule has 48 valence electrons. The Morgan fingerprint density at radius 1 is 1.25 bits per heavy atom. The molecule has 1 saturated carbocycles. The van der Waals surface area contributed by atoms with E-state index in [2.05, 4.69) is 0 Å². The molecular formula is C6H11FO. The molecule has 0 radical (unpaired) electrons. The summed E-state index contributed by atoms with van der Waals surface area (Å²) in [6.45, 7) is 0. The van der Waals surface area contributed by atoms with Gasteiger partial charge in [-0.05, 0) is 12.8 Å². The van der Waals surface area contributed by atoms with Crippen molar-refractivity contribution in [3.05, 3.63) is 0 Å². The van der Waals surface area contributed by atoms with Crippen LogP contribution in [-0.2, 0) is 0 Å². The predicted octanol–water partition coefficient (Wildman–Crippen LogP) is 1.26. The highest BCUT2D eigenvalue weighted by Gasteiger charge is 2.21. The van der Waals surface area contributed by atoms with Crippen molar-refractivity contribution in [1.29, 1.82) is 0 Å². The third-order valence-corrected chi connectivity index (χ3v) is 1.65. The molecular weight excluding hydrogens is 107 g/mol. The summed E-state index contributed by atoms with van der Waals surface area (Å²) >= 11 is 0. The monoisotopic (exact) mass is 118 g/mol. The molecule has 8 heavy (non-hydrogen) atoms. The van der Waals surface area contributed by atoms with E-state index >= 15 is 0 Å². The zero-order valence-corrected chi connectivity index (χ0v) is 4.81. The fourth-order valence-corrected chi connectivity index (χ4v) is 1.07. The van der Waals surface area contributed by atoms with Crippen molar-refractivity contribution < 1.29 is 9.50 Å². The number of hydrogen-bond donors (Lipinski definition) is 1. The van der Waals surface area contributed by atoms with E-state index in [4.69, 9.17) is 5.11 Å². The first-order chi connectivity index (χ1) is 3.80. The Balaban J connectivity index is 2.28. The first-order valence-corrected chi connectivity index (χ1v) is 3.13. The first-order valence-electron chi connectivity index (χ1n) is 3.13. The lowest BCUT2D eigenvalue weighted by molar-refractivity contribution is 0.0442. The summed E-state index contributed by atoms with van der Waals surface area (Å²) in [6.07, 6.45) is 1.54. The average molecular weight is 118 g/mol. The Labute approximate surface area is 48.5 Å². The number of aliphatic hydroxyl groups is 1. The van der Waals surface area contributed by atoms with Crippen molar-refractivity contribution in [3.8, 4) is 0 Å². The van der Waals surface area contributed by atoms with Gasteiger partial charge in [-0.25, -0.2) is 4.39 Å². The van der Waals surface area contributed by atoms with Crippen LogP contribution in [0.4, 0.5) is 4.39 Å². The molecule has 0 amide bonds. The van der Waals surface area contributed by atoms with E-state index in [1.807, 2.05) is 0 Å². The van der Waals surface area contributed by atoms with E-state index in [0.717, 1.165) is 12.8 Å². The van der Waals surface area contributed by atoms with Crippen molar-refractivity contribution in [3.63, 3.8) is 0 Å². The largest absolute Gasteiger partial charge is 0.390 e. The minimum absolute atomic E-state index is 0.557. The molecule has 1 nitrogen and oxygen atoms in total. The molecule has 0 heterocycles. The van der Waals surface area contributed by atoms with Gasteiger partial charge in [-0.2, -0.15) is 0 Å². The quantitative estimate of drug-likeness (QED) is 0.507. The van der Waals surface area contributed by atoms with Crippen molar-refractivity contribution in [2.24, 2.45) is 0 Å². The molecule has 1 fully saturated rings. The van der Waals surface area contributed by atoms with Gasteiger partial charge in [-0.1, -0.05) is 12.8 Å². The van der Waals surface area contributed by atoms with Crippen LogP contribution in [0.3, 0.4) is 0 Å². The van der Waals surface area contributed by atoms with Crippen LogP contribution in [0.15, 0.2) is 0 Å². The van der Waals surface area contributed by atoms with Crippen LogP contribution in [0.25, 0.3) is 0 Å². The first kappa shape index (κ1) is 6.02. The molecule has 0 saturated heterocycles. The predicted molar refractivity (Wildman–Crippen MR) is 29.4 cm³/mol. The second kappa shape index (κ2) is 2.44. The van der Waals surface area contributed by atoms with E-state index in [0.29, 0.717) is 12.8 Å². The summed E-state index contributed by atoms with van der Waals surface area (Å²) < 4.78 is 12.3. The molecule has 0 bridgehead atoms. The van der Waals surface area contributed by atoms with Crippen molar-refractivity contribution >= 4 is 0 Å². The lowest BCUT2D eigenvalue weighted by Crippen LogP contribution is -2.25. The summed E-state index contributed by atoms with van der Waals surface area (Å²) in [5.74, 6) is 0. The molecule has 1 aliphatic rings. The highest BCUT2D eigenvalue weighted by molar-refractivity contribution is 4.72. The molecule has 0 aromatic heterocycles. The van der Waals surface area contributed by atoms with Crippen LogP contribution in [0.1, 0.15) is 25.7 Å². The Morgan fingerprint density at radius 2 is 1.88 bits per heavy atom. The molecule has 2 heteroatoms. The van der Waals surface area contributed by atoms with E-state index in [-0.39, 0.29) is 0 Å². The summed E-state index contributed by atoms with van der Waals surface area (Å²) in [5, 5.41) is 8.80. The maximum absolute atomic E-state index is 12.3. The van der Waals surface area contributed by atoms with Gasteiger partial charge < -0.3 is 5.11 Å². The van der Waals surface area contributed by atoms with E-state index in [1.165, 1.54) is 0 Å². The van der Waals surface area contributed by atoms with Crippen molar-refractivity contribution in [1.82, 2.24) is 0 Å². The highest BCUT2D eigenvalue weighted by atomic mass is 19.1. The van der Waals surface area contributed by atoms with Gasteiger partial charge in [-0.3, -0.25) is 0 Å². The standard InChI is InChI=1S/C6H11FO/c7-5-3-1-2-4-6(5)8/h5-6,8H,1-4H2/t5-,6-/m0/s1. The fraction of sp³-hybridized carbons (Fsp3) is 1.00. The molecule has 1 rings (SSSR count). The second-order valence-corrected chi connectivity index (χ2v) is 2.37. The van der Waals surface area contributed by atoms with E-state index in [9.17, 15) is 4.39 Å². The number of aliphatic hydroxyl groups excluding tert-OH is 1. The number of halogens is 1. The van der Waals surface area contributed by atoms with Crippen LogP contribution in [0, 0.1) is 0 Å². The van der Waals surface area contributed by atoms with E-state index in [1.54, 1.807) is 0 Å². The smallest absolute Gasteiger partial charge is 0.126 e. The van der Waals surface area contributed by atoms with Crippen molar-refractivity contribution in [2.75, 3.05) is 0 Å². The zero-order chi connectivity index (χ0) is 5.98. The van der Waals surface area contributed by atoms with Gasteiger partial charge in [0.2, 0.25) is 0 Å². The summed E-state index contributed by atoms with van der Waals surface area (Å²) in [4.78, 5) is 0. The van der Waals surface area contributed by atoms with Crippen LogP contribution in [0.5, 0.6) is 0 Å². The second-order valence-electron chi connectivity index (χ2n) is 2.37. The van der Waals surface area contributed by atoms with Crippen LogP contribution < -0.4 is 0 Å². The third-order valence-electron chi connectivity index (χ3n) is 1.65. The van der Waals surface area contributed by atoms with Gasteiger partial charge in [0.1, 0.15) is 6.17 Å². The van der Waals surface area contributed by atoms with Gasteiger partial charge in [0.15, 0.2) is 0 Å². The lowest BCUT2D eigenvalue weighted by Gasteiger charge is -2.20. The summed E-state index contributed by atoms with van der Waals surface area (Å²) in [6, 6.07) is 0. The molecule has 2 atom stereocenters. The maximum Gasteiger partial charge on any atom is 0.126 e. The molecule has 0 unspecified atom stereocenters. The SMILES string of the molecule is O[C@H]1CCCC[C@@H]1F. The summed E-state index contributed by atoms with van der Waals surface area (Å²) in [7, 11) is 0. The number of rotatable bonds is 0. The minimum atomic E-state index is -0.941. The maximum atomic E-state index is 12.3.